The molecule has 0 aromatic carbocycles. The van der Waals surface area contributed by atoms with E-state index in [1.54, 1.807) is 32.2 Å². The summed E-state index contributed by atoms with van der Waals surface area (Å²) in [5.41, 5.74) is 1.62. The maximum Gasteiger partial charge on any atom is 0.422 e. The first-order valence-electron chi connectivity index (χ1n) is 9.54. The van der Waals surface area contributed by atoms with E-state index in [-0.39, 0.29) is 36.0 Å². The van der Waals surface area contributed by atoms with E-state index in [1.165, 1.54) is 23.4 Å². The minimum Gasteiger partial charge on any atom is -0.468 e. The Morgan fingerprint density at radius 3 is 2.57 bits per heavy atom. The summed E-state index contributed by atoms with van der Waals surface area (Å²) in [4.78, 5) is 34.4. The van der Waals surface area contributed by atoms with Crippen molar-refractivity contribution in [3.63, 3.8) is 0 Å². The average Bonchev–Trinajstić information content (AvgIpc) is 3.56. The van der Waals surface area contributed by atoms with E-state index in [0.29, 0.717) is 16.8 Å². The maximum absolute atomic E-state index is 12.9. The van der Waals surface area contributed by atoms with E-state index in [2.05, 4.69) is 14.7 Å². The van der Waals surface area contributed by atoms with Gasteiger partial charge in [0.15, 0.2) is 6.61 Å². The summed E-state index contributed by atoms with van der Waals surface area (Å²) >= 11 is 0. The molecule has 2 aromatic heterocycles. The van der Waals surface area contributed by atoms with E-state index < -0.39 is 12.8 Å². The minimum atomic E-state index is -4.44. The molecule has 0 bridgehead atoms. The number of carbonyl (C=O) groups is 2. The fourth-order valence-corrected chi connectivity index (χ4v) is 2.92. The van der Waals surface area contributed by atoms with Crippen LogP contribution in [-0.2, 0) is 11.2 Å². The molecule has 0 N–H and O–H groups in total. The number of hydrogen-bond donors (Lipinski definition) is 0. The van der Waals surface area contributed by atoms with Crippen LogP contribution in [0.25, 0.3) is 0 Å². The fourth-order valence-electron chi connectivity index (χ4n) is 2.92. The zero-order valence-corrected chi connectivity index (χ0v) is 16.6. The molecule has 1 aliphatic carbocycles. The van der Waals surface area contributed by atoms with Gasteiger partial charge >= 0.3 is 6.18 Å². The number of hydrogen-bond acceptors (Lipinski definition) is 5. The van der Waals surface area contributed by atoms with Crippen molar-refractivity contribution >= 4 is 11.7 Å². The number of ketones is 1. The van der Waals surface area contributed by atoms with Gasteiger partial charge < -0.3 is 9.64 Å². The van der Waals surface area contributed by atoms with Crippen molar-refractivity contribution in [2.45, 2.75) is 38.4 Å². The Hall–Kier alpha value is -2.97. The summed E-state index contributed by atoms with van der Waals surface area (Å²) in [5, 5.41) is 0. The number of Topliss-reactive ketones (excluding diaryl/α,β-unsaturated/α-hetero) is 1. The van der Waals surface area contributed by atoms with Crippen LogP contribution < -0.4 is 4.74 Å². The molecule has 0 radical (unpaired) electrons. The van der Waals surface area contributed by atoms with Crippen molar-refractivity contribution in [3.8, 4) is 5.88 Å². The summed E-state index contributed by atoms with van der Waals surface area (Å²) < 4.78 is 41.3. The number of halogens is 3. The van der Waals surface area contributed by atoms with Crippen LogP contribution >= 0.6 is 0 Å². The van der Waals surface area contributed by atoms with Gasteiger partial charge in [0.25, 0.3) is 5.91 Å². The van der Waals surface area contributed by atoms with Gasteiger partial charge in [-0.2, -0.15) is 13.2 Å². The van der Waals surface area contributed by atoms with Crippen molar-refractivity contribution < 1.29 is 27.5 Å². The zero-order chi connectivity index (χ0) is 21.9. The van der Waals surface area contributed by atoms with Crippen LogP contribution in [0.5, 0.6) is 5.88 Å². The zero-order valence-electron chi connectivity index (χ0n) is 16.6. The summed E-state index contributed by atoms with van der Waals surface area (Å²) in [7, 11) is 1.62. The van der Waals surface area contributed by atoms with Gasteiger partial charge in [0.2, 0.25) is 5.88 Å². The third-order valence-corrected chi connectivity index (χ3v) is 4.98. The molecule has 1 aliphatic rings. The number of carbonyl (C=O) groups excluding carboxylic acids is 2. The first-order valence-corrected chi connectivity index (χ1v) is 9.54. The van der Waals surface area contributed by atoms with Crippen molar-refractivity contribution in [1.29, 1.82) is 0 Å². The molecular formula is C21H22F3N3O3. The summed E-state index contributed by atoms with van der Waals surface area (Å²) in [5.74, 6) is -0.129. The number of amides is 1. The van der Waals surface area contributed by atoms with Crippen LogP contribution in [0.15, 0.2) is 36.7 Å². The Labute approximate surface area is 172 Å². The lowest BCUT2D eigenvalue weighted by Crippen LogP contribution is -2.30. The molecule has 1 amide bonds. The molecule has 9 heteroatoms. The highest BCUT2D eigenvalue weighted by molar-refractivity contribution is 5.94. The van der Waals surface area contributed by atoms with E-state index in [0.717, 1.165) is 12.8 Å². The van der Waals surface area contributed by atoms with Crippen LogP contribution in [-0.4, -0.2) is 46.4 Å². The van der Waals surface area contributed by atoms with Crippen molar-refractivity contribution in [2.75, 3.05) is 13.7 Å². The number of alkyl halides is 3. The second-order valence-electron chi connectivity index (χ2n) is 7.38. The number of pyridine rings is 2. The molecule has 160 valence electrons. The predicted molar refractivity (Wildman–Crippen MR) is 102 cm³/mol. The lowest BCUT2D eigenvalue weighted by atomic mass is 10.1. The van der Waals surface area contributed by atoms with E-state index in [9.17, 15) is 22.8 Å². The van der Waals surface area contributed by atoms with Gasteiger partial charge in [-0.3, -0.25) is 14.6 Å². The Balaban J connectivity index is 1.64. The number of rotatable bonds is 8. The maximum atomic E-state index is 12.9. The Kier molecular flexibility index (Phi) is 6.38. The Morgan fingerprint density at radius 2 is 1.97 bits per heavy atom. The van der Waals surface area contributed by atoms with Gasteiger partial charge in [0.05, 0.1) is 6.04 Å². The molecule has 1 unspecified atom stereocenters. The van der Waals surface area contributed by atoms with Crippen molar-refractivity contribution in [1.82, 2.24) is 14.9 Å². The number of aromatic nitrogens is 2. The smallest absolute Gasteiger partial charge is 0.422 e. The van der Waals surface area contributed by atoms with Gasteiger partial charge in [0, 0.05) is 49.1 Å². The molecule has 30 heavy (non-hydrogen) atoms. The van der Waals surface area contributed by atoms with Crippen LogP contribution in [0, 0.1) is 5.92 Å². The molecular weight excluding hydrogens is 399 g/mol. The molecule has 1 atom stereocenters. The topological polar surface area (TPSA) is 72.4 Å². The Bertz CT molecular complexity index is 912. The van der Waals surface area contributed by atoms with Crippen LogP contribution in [0.2, 0.25) is 0 Å². The molecule has 0 spiro atoms. The van der Waals surface area contributed by atoms with Crippen LogP contribution in [0.3, 0.4) is 0 Å². The van der Waals surface area contributed by atoms with Crippen LogP contribution in [0.1, 0.15) is 47.4 Å². The molecule has 1 fully saturated rings. The molecule has 6 nitrogen and oxygen atoms in total. The number of nitrogens with zero attached hydrogens (tertiary/aromatic N) is 3. The Morgan fingerprint density at radius 1 is 1.23 bits per heavy atom. The molecule has 0 aliphatic heterocycles. The normalized spacial score (nSPS) is 14.8. The van der Waals surface area contributed by atoms with Gasteiger partial charge in [-0.05, 0) is 37.5 Å². The lowest BCUT2D eigenvalue weighted by molar-refractivity contribution is -0.154. The fraction of sp³-hybridized carbons (Fsp3) is 0.429. The third-order valence-electron chi connectivity index (χ3n) is 4.98. The monoisotopic (exact) mass is 421 g/mol. The van der Waals surface area contributed by atoms with Crippen molar-refractivity contribution in [3.05, 3.63) is 53.5 Å². The van der Waals surface area contributed by atoms with Gasteiger partial charge in [-0.25, -0.2) is 4.98 Å². The van der Waals surface area contributed by atoms with E-state index in [1.807, 2.05) is 0 Å². The van der Waals surface area contributed by atoms with Crippen molar-refractivity contribution in [2.24, 2.45) is 5.92 Å². The predicted octanol–water partition coefficient (Wildman–Crippen LogP) is 3.77. The average molecular weight is 421 g/mol. The standard InChI is InChI=1S/C21H22F3N3O3/c1-13(16-5-6-19(26-11-16)30-12-21(22,23)24)27(2)20(29)15-7-8-25-17(9-15)10-18(28)14-3-4-14/h5-9,11,13-14H,3-4,10,12H2,1-2H3. The molecule has 0 saturated heterocycles. The summed E-state index contributed by atoms with van der Waals surface area (Å²) in [6.45, 7) is 0.366. The summed E-state index contributed by atoms with van der Waals surface area (Å²) in [6, 6.07) is 5.73. The highest BCUT2D eigenvalue weighted by atomic mass is 19.4. The second-order valence-corrected chi connectivity index (χ2v) is 7.38. The van der Waals surface area contributed by atoms with Crippen LogP contribution in [0.4, 0.5) is 13.2 Å². The minimum absolute atomic E-state index is 0.129. The van der Waals surface area contributed by atoms with Gasteiger partial charge in [-0.15, -0.1) is 0 Å². The number of ether oxygens (including phenoxy) is 1. The molecule has 2 heterocycles. The quantitative estimate of drug-likeness (QED) is 0.649. The highest BCUT2D eigenvalue weighted by Crippen LogP contribution is 2.31. The highest BCUT2D eigenvalue weighted by Gasteiger charge is 2.30. The van der Waals surface area contributed by atoms with Gasteiger partial charge in [-0.1, -0.05) is 6.07 Å². The van der Waals surface area contributed by atoms with E-state index >= 15 is 0 Å². The molecule has 2 aromatic rings. The SMILES string of the molecule is CC(c1ccc(OCC(F)(F)F)nc1)N(C)C(=O)c1ccnc(CC(=O)C2CC2)c1. The second kappa shape index (κ2) is 8.81. The first kappa shape index (κ1) is 21.7. The van der Waals surface area contributed by atoms with E-state index in [4.69, 9.17) is 0 Å². The third kappa shape index (κ3) is 5.77. The molecule has 3 rings (SSSR count). The first-order chi connectivity index (χ1) is 14.1. The lowest BCUT2D eigenvalue weighted by Gasteiger charge is -2.25. The molecule has 1 saturated carbocycles. The summed E-state index contributed by atoms with van der Waals surface area (Å²) in [6.07, 6.45) is 0.515. The van der Waals surface area contributed by atoms with Gasteiger partial charge in [0.1, 0.15) is 5.78 Å². The largest absolute Gasteiger partial charge is 0.468 e.